The first-order valence-corrected chi connectivity index (χ1v) is 8.39. The largest absolute Gasteiger partial charge is 0.338 e. The van der Waals surface area contributed by atoms with Crippen LogP contribution in [0.25, 0.3) is 0 Å². The normalized spacial score (nSPS) is 22.0. The lowest BCUT2D eigenvalue weighted by Gasteiger charge is -2.37. The lowest BCUT2D eigenvalue weighted by atomic mass is 10.0. The molecule has 2 aliphatic rings. The summed E-state index contributed by atoms with van der Waals surface area (Å²) in [4.78, 5) is 32.0. The SMILES string of the molecule is O=C(Nc1cncc(Br)c1)N1CCCC(N2CCCC2=O)C1. The molecule has 3 heterocycles. The Kier molecular flexibility index (Phi) is 4.61. The molecule has 7 heteroatoms. The topological polar surface area (TPSA) is 65.5 Å². The Bertz CT molecular complexity index is 580. The van der Waals surface area contributed by atoms with Crippen molar-refractivity contribution in [2.75, 3.05) is 25.0 Å². The predicted octanol–water partition coefficient (Wildman–Crippen LogP) is 2.46. The van der Waals surface area contributed by atoms with Gasteiger partial charge in [0.05, 0.1) is 11.9 Å². The van der Waals surface area contributed by atoms with E-state index in [9.17, 15) is 9.59 Å². The first-order chi connectivity index (χ1) is 10.6. The van der Waals surface area contributed by atoms with Crippen LogP contribution in [0.15, 0.2) is 22.9 Å². The summed E-state index contributed by atoms with van der Waals surface area (Å²) in [5.74, 6) is 0.225. The number of nitrogens with one attached hydrogen (secondary N) is 1. The van der Waals surface area contributed by atoms with E-state index in [1.54, 1.807) is 17.3 Å². The lowest BCUT2D eigenvalue weighted by Crippen LogP contribution is -2.51. The van der Waals surface area contributed by atoms with E-state index in [1.807, 2.05) is 11.0 Å². The van der Waals surface area contributed by atoms with Crippen molar-refractivity contribution in [1.29, 1.82) is 0 Å². The third-order valence-electron chi connectivity index (χ3n) is 4.19. The molecule has 0 saturated carbocycles. The molecule has 3 amide bonds. The zero-order chi connectivity index (χ0) is 15.5. The van der Waals surface area contributed by atoms with Crippen LogP contribution in [0, 0.1) is 0 Å². The molecule has 0 radical (unpaired) electrons. The van der Waals surface area contributed by atoms with Gasteiger partial charge in [-0.15, -0.1) is 0 Å². The number of likely N-dealkylation sites (tertiary alicyclic amines) is 2. The third kappa shape index (κ3) is 3.40. The van der Waals surface area contributed by atoms with Crippen molar-refractivity contribution in [1.82, 2.24) is 14.8 Å². The Morgan fingerprint density at radius 2 is 2.18 bits per heavy atom. The van der Waals surface area contributed by atoms with E-state index >= 15 is 0 Å². The second-order valence-electron chi connectivity index (χ2n) is 5.75. The van der Waals surface area contributed by atoms with Crippen molar-refractivity contribution in [3.05, 3.63) is 22.9 Å². The average molecular weight is 367 g/mol. The van der Waals surface area contributed by atoms with Crippen LogP contribution in [0.3, 0.4) is 0 Å². The zero-order valence-corrected chi connectivity index (χ0v) is 13.9. The molecule has 2 fully saturated rings. The van der Waals surface area contributed by atoms with Crippen molar-refractivity contribution < 1.29 is 9.59 Å². The van der Waals surface area contributed by atoms with Gasteiger partial charge < -0.3 is 15.1 Å². The fourth-order valence-corrected chi connectivity index (χ4v) is 3.50. The van der Waals surface area contributed by atoms with Gasteiger partial charge in [0.1, 0.15) is 0 Å². The fraction of sp³-hybridized carbons (Fsp3) is 0.533. The van der Waals surface area contributed by atoms with E-state index in [1.165, 1.54) is 0 Å². The van der Waals surface area contributed by atoms with Gasteiger partial charge in [-0.3, -0.25) is 9.78 Å². The molecular formula is C15H19BrN4O2. The molecule has 0 aromatic carbocycles. The minimum atomic E-state index is -0.128. The van der Waals surface area contributed by atoms with Crippen molar-refractivity contribution in [3.8, 4) is 0 Å². The summed E-state index contributed by atoms with van der Waals surface area (Å²) in [6.45, 7) is 2.17. The van der Waals surface area contributed by atoms with Crippen molar-refractivity contribution in [2.24, 2.45) is 0 Å². The van der Waals surface area contributed by atoms with Crippen LogP contribution in [0.5, 0.6) is 0 Å². The first kappa shape index (κ1) is 15.3. The molecule has 0 bridgehead atoms. The maximum Gasteiger partial charge on any atom is 0.321 e. The molecule has 1 aromatic heterocycles. The zero-order valence-electron chi connectivity index (χ0n) is 12.3. The number of hydrogen-bond acceptors (Lipinski definition) is 3. The minimum Gasteiger partial charge on any atom is -0.338 e. The van der Waals surface area contributed by atoms with Crippen molar-refractivity contribution in [3.63, 3.8) is 0 Å². The van der Waals surface area contributed by atoms with E-state index in [4.69, 9.17) is 0 Å². The van der Waals surface area contributed by atoms with Gasteiger partial charge >= 0.3 is 6.03 Å². The van der Waals surface area contributed by atoms with Gasteiger partial charge in [-0.1, -0.05) is 0 Å². The van der Waals surface area contributed by atoms with Crippen molar-refractivity contribution in [2.45, 2.75) is 31.7 Å². The Labute approximate surface area is 138 Å². The molecule has 1 atom stereocenters. The second-order valence-corrected chi connectivity index (χ2v) is 6.67. The summed E-state index contributed by atoms with van der Waals surface area (Å²) in [7, 11) is 0. The highest BCUT2D eigenvalue weighted by atomic mass is 79.9. The molecule has 0 spiro atoms. The molecule has 22 heavy (non-hydrogen) atoms. The molecule has 6 nitrogen and oxygen atoms in total. The van der Waals surface area contributed by atoms with Gasteiger partial charge in [-0.05, 0) is 41.3 Å². The summed E-state index contributed by atoms with van der Waals surface area (Å²) in [6, 6.07) is 1.85. The number of anilines is 1. The summed E-state index contributed by atoms with van der Waals surface area (Å²) in [5, 5.41) is 2.87. The fourth-order valence-electron chi connectivity index (χ4n) is 3.13. The molecule has 1 N–H and O–H groups in total. The standard InChI is InChI=1S/C15H19BrN4O2/c16-11-7-12(9-17-8-11)18-15(22)19-5-1-3-13(10-19)20-6-2-4-14(20)21/h7-9,13H,1-6,10H2,(H,18,22). The highest BCUT2D eigenvalue weighted by molar-refractivity contribution is 9.10. The van der Waals surface area contributed by atoms with E-state index in [0.717, 1.165) is 36.8 Å². The van der Waals surface area contributed by atoms with Gasteiger partial charge in [0.2, 0.25) is 5.91 Å². The van der Waals surface area contributed by atoms with Crippen LogP contribution < -0.4 is 5.32 Å². The van der Waals surface area contributed by atoms with Crippen LogP contribution >= 0.6 is 15.9 Å². The van der Waals surface area contributed by atoms with Crippen LogP contribution in [0.2, 0.25) is 0 Å². The van der Waals surface area contributed by atoms with Gasteiger partial charge in [0, 0.05) is 42.8 Å². The van der Waals surface area contributed by atoms with Gasteiger partial charge in [0.15, 0.2) is 0 Å². The molecule has 1 unspecified atom stereocenters. The number of carbonyl (C=O) groups excluding carboxylic acids is 2. The Hall–Kier alpha value is -1.63. The van der Waals surface area contributed by atoms with E-state index in [0.29, 0.717) is 18.7 Å². The number of nitrogens with zero attached hydrogens (tertiary/aromatic N) is 3. The number of carbonyl (C=O) groups is 2. The third-order valence-corrected chi connectivity index (χ3v) is 4.62. The maximum absolute atomic E-state index is 12.4. The molecule has 2 saturated heterocycles. The Morgan fingerprint density at radius 1 is 1.32 bits per heavy atom. The number of urea groups is 1. The van der Waals surface area contributed by atoms with Gasteiger partial charge in [-0.25, -0.2) is 4.79 Å². The number of pyridine rings is 1. The summed E-state index contributed by atoms with van der Waals surface area (Å²) in [6.07, 6.45) is 6.78. The summed E-state index contributed by atoms with van der Waals surface area (Å²) in [5.41, 5.74) is 0.666. The van der Waals surface area contributed by atoms with Gasteiger partial charge in [-0.2, -0.15) is 0 Å². The average Bonchev–Trinajstić information content (AvgIpc) is 2.93. The van der Waals surface area contributed by atoms with E-state index in [-0.39, 0.29) is 18.0 Å². The maximum atomic E-state index is 12.4. The molecule has 2 aliphatic heterocycles. The van der Waals surface area contributed by atoms with E-state index < -0.39 is 0 Å². The number of rotatable bonds is 2. The highest BCUT2D eigenvalue weighted by Gasteiger charge is 2.32. The summed E-state index contributed by atoms with van der Waals surface area (Å²) < 4.78 is 0.824. The number of aromatic nitrogens is 1. The van der Waals surface area contributed by atoms with Crippen LogP contribution in [0.1, 0.15) is 25.7 Å². The highest BCUT2D eigenvalue weighted by Crippen LogP contribution is 2.22. The van der Waals surface area contributed by atoms with Gasteiger partial charge in [0.25, 0.3) is 0 Å². The Balaban J connectivity index is 1.61. The van der Waals surface area contributed by atoms with E-state index in [2.05, 4.69) is 26.2 Å². The monoisotopic (exact) mass is 366 g/mol. The number of halogens is 1. The summed E-state index contributed by atoms with van der Waals surface area (Å²) >= 11 is 3.34. The number of piperidine rings is 1. The molecule has 1 aromatic rings. The number of hydrogen-bond donors (Lipinski definition) is 1. The molecular weight excluding hydrogens is 348 g/mol. The lowest BCUT2D eigenvalue weighted by molar-refractivity contribution is -0.130. The first-order valence-electron chi connectivity index (χ1n) is 7.59. The quantitative estimate of drug-likeness (QED) is 0.873. The minimum absolute atomic E-state index is 0.128. The smallest absolute Gasteiger partial charge is 0.321 e. The van der Waals surface area contributed by atoms with Crippen LogP contribution in [0.4, 0.5) is 10.5 Å². The van der Waals surface area contributed by atoms with Crippen LogP contribution in [-0.4, -0.2) is 52.4 Å². The molecule has 3 rings (SSSR count). The predicted molar refractivity (Wildman–Crippen MR) is 86.5 cm³/mol. The van der Waals surface area contributed by atoms with Crippen LogP contribution in [-0.2, 0) is 4.79 Å². The number of amides is 3. The molecule has 118 valence electrons. The van der Waals surface area contributed by atoms with Crippen molar-refractivity contribution >= 4 is 33.6 Å². The Morgan fingerprint density at radius 3 is 2.91 bits per heavy atom. The molecule has 0 aliphatic carbocycles. The second kappa shape index (κ2) is 6.64.